The van der Waals surface area contributed by atoms with E-state index in [0.717, 1.165) is 25.7 Å². The first kappa shape index (κ1) is 19.8. The number of carbonyl (C=O) groups is 1. The van der Waals surface area contributed by atoms with E-state index in [1.54, 1.807) is 13.2 Å². The Kier molecular flexibility index (Phi) is 4.78. The molecule has 0 radical (unpaired) electrons. The molecule has 3 aliphatic carbocycles. The fraction of sp³-hybridized carbons (Fsp3) is 0.857. The number of aliphatic hydroxyl groups excluding tert-OH is 1. The summed E-state index contributed by atoms with van der Waals surface area (Å²) in [6, 6.07) is 0. The molecule has 3 fully saturated rings. The van der Waals surface area contributed by atoms with Crippen molar-refractivity contribution in [3.63, 3.8) is 0 Å². The van der Waals surface area contributed by atoms with Gasteiger partial charge < -0.3 is 9.84 Å². The first-order valence-corrected chi connectivity index (χ1v) is 10.7. The summed E-state index contributed by atoms with van der Waals surface area (Å²) >= 11 is 2.61. The number of rotatable bonds is 2. The maximum absolute atomic E-state index is 13.5. The van der Waals surface area contributed by atoms with Gasteiger partial charge in [0.05, 0.1) is 15.6 Å². The minimum Gasteiger partial charge on any atom is -0.392 e. The van der Waals surface area contributed by atoms with Gasteiger partial charge in [0.1, 0.15) is 5.78 Å². The summed E-state index contributed by atoms with van der Waals surface area (Å²) in [6.45, 7) is 12.6. The van der Waals surface area contributed by atoms with E-state index in [-0.39, 0.29) is 32.1 Å². The average Bonchev–Trinajstić information content (AvgIpc) is 2.90. The summed E-state index contributed by atoms with van der Waals surface area (Å²) in [5, 5.41) is 11.5. The molecule has 3 saturated carbocycles. The summed E-state index contributed by atoms with van der Waals surface area (Å²) in [6.07, 6.45) is 5.85. The van der Waals surface area contributed by atoms with Crippen LogP contribution in [0.4, 0.5) is 0 Å². The first-order chi connectivity index (χ1) is 11.5. The van der Waals surface area contributed by atoms with Crippen molar-refractivity contribution >= 4 is 28.4 Å². The van der Waals surface area contributed by atoms with Gasteiger partial charge in [-0.2, -0.15) is 0 Å². The number of ether oxygens (including phenoxy) is 1. The number of hydrogen-bond acceptors (Lipinski definition) is 3. The zero-order valence-electron chi connectivity index (χ0n) is 16.3. The Balaban J connectivity index is 2.29. The highest BCUT2D eigenvalue weighted by Gasteiger charge is 2.75. The molecule has 8 atom stereocenters. The summed E-state index contributed by atoms with van der Waals surface area (Å²) in [5.41, 5.74) is -1.06. The third-order valence-corrected chi connectivity index (χ3v) is 11.6. The molecule has 0 heterocycles. The van der Waals surface area contributed by atoms with Gasteiger partial charge in [-0.05, 0) is 50.4 Å². The lowest BCUT2D eigenvalue weighted by Crippen LogP contribution is -2.70. The second kappa shape index (κ2) is 6.03. The van der Waals surface area contributed by atoms with Crippen LogP contribution in [-0.4, -0.2) is 33.6 Å². The minimum absolute atomic E-state index is 0.0492. The van der Waals surface area contributed by atoms with Gasteiger partial charge in [-0.3, -0.25) is 4.79 Å². The van der Waals surface area contributed by atoms with Crippen molar-refractivity contribution in [2.24, 2.45) is 28.1 Å². The number of halogens is 1. The zero-order chi connectivity index (χ0) is 18.8. The van der Waals surface area contributed by atoms with Gasteiger partial charge >= 0.3 is 0 Å². The number of carbonyl (C=O) groups excluding carboxylic acids is 1. The van der Waals surface area contributed by atoms with E-state index in [1.165, 1.54) is 0 Å². The molecule has 2 unspecified atom stereocenters. The van der Waals surface area contributed by atoms with Crippen molar-refractivity contribution in [2.75, 3.05) is 7.11 Å². The molecule has 0 aliphatic heterocycles. The highest BCUT2D eigenvalue weighted by Crippen LogP contribution is 2.73. The first-order valence-electron chi connectivity index (χ1n) is 9.63. The number of ketones is 1. The molecule has 3 rings (SSSR count). The lowest BCUT2D eigenvalue weighted by atomic mass is 9.44. The fourth-order valence-corrected chi connectivity index (χ4v) is 9.12. The molecule has 4 heteroatoms. The van der Waals surface area contributed by atoms with Crippen molar-refractivity contribution in [3.05, 3.63) is 12.7 Å². The van der Waals surface area contributed by atoms with Gasteiger partial charge in [0.15, 0.2) is 0 Å². The molecule has 142 valence electrons. The zero-order valence-corrected chi connectivity index (χ0v) is 18.4. The maximum atomic E-state index is 13.5. The fourth-order valence-electron chi connectivity index (χ4n) is 6.66. The molecule has 0 aromatic carbocycles. The van der Waals surface area contributed by atoms with Crippen molar-refractivity contribution in [1.29, 1.82) is 0 Å². The number of alkyl halides is 1. The highest BCUT2D eigenvalue weighted by molar-refractivity contribution is 14.1. The molecule has 0 aromatic heterocycles. The van der Waals surface area contributed by atoms with E-state index >= 15 is 0 Å². The highest BCUT2D eigenvalue weighted by atomic mass is 127. The van der Waals surface area contributed by atoms with Gasteiger partial charge in [-0.15, -0.1) is 6.58 Å². The number of methoxy groups -OCH3 is 1. The Morgan fingerprint density at radius 1 is 1.28 bits per heavy atom. The van der Waals surface area contributed by atoms with E-state index in [4.69, 9.17) is 4.74 Å². The number of Topliss-reactive ketones (excluding diaryl/α,β-unsaturated/α-hetero) is 1. The van der Waals surface area contributed by atoms with E-state index in [2.05, 4.69) is 49.9 Å². The average molecular weight is 460 g/mol. The van der Waals surface area contributed by atoms with Crippen LogP contribution >= 0.6 is 22.6 Å². The van der Waals surface area contributed by atoms with Gasteiger partial charge in [0.2, 0.25) is 0 Å². The third-order valence-electron chi connectivity index (χ3n) is 8.68. The van der Waals surface area contributed by atoms with Crippen LogP contribution in [0.1, 0.15) is 59.8 Å². The van der Waals surface area contributed by atoms with Crippen LogP contribution in [0.5, 0.6) is 0 Å². The van der Waals surface area contributed by atoms with Gasteiger partial charge in [0, 0.05) is 23.9 Å². The molecule has 0 saturated heterocycles. The molecule has 0 amide bonds. The quantitative estimate of drug-likeness (QED) is 0.374. The van der Waals surface area contributed by atoms with Crippen molar-refractivity contribution < 1.29 is 14.6 Å². The van der Waals surface area contributed by atoms with Crippen LogP contribution in [0.25, 0.3) is 0 Å². The Morgan fingerprint density at radius 2 is 1.88 bits per heavy atom. The monoisotopic (exact) mass is 460 g/mol. The molecular weight excluding hydrogens is 427 g/mol. The van der Waals surface area contributed by atoms with Gasteiger partial charge in [0.25, 0.3) is 0 Å². The molecule has 1 N–H and O–H groups in total. The number of hydrogen-bond donors (Lipinski definition) is 1. The second-order valence-electron chi connectivity index (χ2n) is 9.28. The third kappa shape index (κ3) is 2.13. The molecule has 2 bridgehead atoms. The Morgan fingerprint density at radius 3 is 2.44 bits per heavy atom. The molecule has 3 nitrogen and oxygen atoms in total. The van der Waals surface area contributed by atoms with Crippen molar-refractivity contribution in [1.82, 2.24) is 0 Å². The Labute approximate surface area is 166 Å². The van der Waals surface area contributed by atoms with E-state index < -0.39 is 11.5 Å². The molecule has 0 spiro atoms. The Bertz CT molecular complexity index is 592. The van der Waals surface area contributed by atoms with Crippen LogP contribution in [0.3, 0.4) is 0 Å². The Hall–Kier alpha value is 0.0600. The second-order valence-corrected chi connectivity index (χ2v) is 11.0. The number of aliphatic hydroxyl groups is 1. The molecule has 3 aliphatic rings. The topological polar surface area (TPSA) is 46.5 Å². The number of allylic oxidation sites excluding steroid dienone is 1. The standard InChI is InChI=1S/C21H33IO3/c1-7-18(4)12-15(23)19(5)13(2)8-10-20(14(3)17(18)24)11-9-16(25-6)21(19,20)22/h7,13-16,23H,1,8-12H2,2-6H3/t13?,14-,15+,16+,18+,19-,20-,21?/m0/s1. The summed E-state index contributed by atoms with van der Waals surface area (Å²) in [4.78, 5) is 13.5. The van der Waals surface area contributed by atoms with Gasteiger partial charge in [-0.1, -0.05) is 49.4 Å². The van der Waals surface area contributed by atoms with Crippen LogP contribution in [-0.2, 0) is 9.53 Å². The SMILES string of the molecule is C=C[C@]1(C)C[C@@H](O)[C@]2(C)C(C)CC[C@]3(CC[C@@H](OC)C32I)[C@@H](C)C1=O. The smallest absolute Gasteiger partial charge is 0.145 e. The van der Waals surface area contributed by atoms with Crippen LogP contribution in [0.2, 0.25) is 0 Å². The predicted molar refractivity (Wildman–Crippen MR) is 109 cm³/mol. The van der Waals surface area contributed by atoms with Gasteiger partial charge in [-0.25, -0.2) is 0 Å². The molecular formula is C21H33IO3. The van der Waals surface area contributed by atoms with Crippen LogP contribution in [0.15, 0.2) is 12.7 Å². The van der Waals surface area contributed by atoms with E-state index in [1.807, 2.05) is 6.92 Å². The normalized spacial score (nSPS) is 56.0. The summed E-state index contributed by atoms with van der Waals surface area (Å²) in [5.74, 6) is 0.584. The van der Waals surface area contributed by atoms with Crippen LogP contribution < -0.4 is 0 Å². The van der Waals surface area contributed by atoms with Crippen molar-refractivity contribution in [2.45, 2.75) is 75.4 Å². The van der Waals surface area contributed by atoms with Crippen molar-refractivity contribution in [3.8, 4) is 0 Å². The van der Waals surface area contributed by atoms with E-state index in [0.29, 0.717) is 12.3 Å². The van der Waals surface area contributed by atoms with Crippen LogP contribution in [0, 0.1) is 28.1 Å². The lowest BCUT2D eigenvalue weighted by Gasteiger charge is -2.66. The largest absolute Gasteiger partial charge is 0.392 e. The minimum atomic E-state index is -0.659. The van der Waals surface area contributed by atoms with E-state index in [9.17, 15) is 9.90 Å². The molecule has 25 heavy (non-hydrogen) atoms. The summed E-state index contributed by atoms with van der Waals surface area (Å²) in [7, 11) is 1.79. The maximum Gasteiger partial charge on any atom is 0.145 e. The predicted octanol–water partition coefficient (Wildman–Crippen LogP) is 4.55. The molecule has 0 aromatic rings. The summed E-state index contributed by atoms with van der Waals surface area (Å²) < 4.78 is 5.75. The lowest BCUT2D eigenvalue weighted by molar-refractivity contribution is -0.169.